The number of piperidine rings is 1. The number of fused-ring (bicyclic) bond motifs is 1. The van der Waals surface area contributed by atoms with E-state index in [0.717, 1.165) is 77.1 Å². The van der Waals surface area contributed by atoms with Crippen molar-refractivity contribution in [2.45, 2.75) is 53.4 Å². The van der Waals surface area contributed by atoms with Gasteiger partial charge in [-0.05, 0) is 56.2 Å². The van der Waals surface area contributed by atoms with Crippen molar-refractivity contribution in [3.8, 4) is 0 Å². The van der Waals surface area contributed by atoms with Gasteiger partial charge in [0.05, 0.1) is 5.41 Å². The summed E-state index contributed by atoms with van der Waals surface area (Å²) in [7, 11) is 0. The zero-order valence-corrected chi connectivity index (χ0v) is 19.8. The normalized spacial score (nSPS) is 26.0. The first-order chi connectivity index (χ1) is 14.8. The summed E-state index contributed by atoms with van der Waals surface area (Å²) in [5.41, 5.74) is 1.79. The molecule has 0 unspecified atom stereocenters. The Bertz CT molecular complexity index is 810. The van der Waals surface area contributed by atoms with Gasteiger partial charge in [-0.3, -0.25) is 9.59 Å². The SMILES string of the molecule is CCc1ccc(C(=O)N2CCC3(CC2)CN(CC(C)C)C[C@@]32CCN(CC)C2=O)cc1. The molecule has 0 aliphatic carbocycles. The van der Waals surface area contributed by atoms with E-state index in [2.05, 4.69) is 49.6 Å². The molecule has 1 aromatic rings. The van der Waals surface area contributed by atoms with Gasteiger partial charge in [0.25, 0.3) is 5.91 Å². The van der Waals surface area contributed by atoms with Gasteiger partial charge in [-0.2, -0.15) is 0 Å². The van der Waals surface area contributed by atoms with E-state index in [-0.39, 0.29) is 16.7 Å². The van der Waals surface area contributed by atoms with Gasteiger partial charge in [0.15, 0.2) is 0 Å². The Kier molecular flexibility index (Phi) is 6.17. The first-order valence-electron chi connectivity index (χ1n) is 12.2. The van der Waals surface area contributed by atoms with E-state index in [1.54, 1.807) is 0 Å². The second-order valence-corrected chi connectivity index (χ2v) is 10.4. The first kappa shape index (κ1) is 22.3. The molecule has 5 nitrogen and oxygen atoms in total. The lowest BCUT2D eigenvalue weighted by atomic mass is 9.60. The Morgan fingerprint density at radius 3 is 2.23 bits per heavy atom. The Hall–Kier alpha value is -1.88. The van der Waals surface area contributed by atoms with E-state index >= 15 is 0 Å². The standard InChI is InChI=1S/C26H39N3O2/c1-5-21-7-9-22(10-8-21)23(30)29-14-11-25(12-15-29)18-27(17-20(3)4)19-26(25)13-16-28(6-2)24(26)31/h7-10,20H,5-6,11-19H2,1-4H3/t26-/m1/s1. The molecule has 170 valence electrons. The molecule has 5 heteroatoms. The second-order valence-electron chi connectivity index (χ2n) is 10.4. The van der Waals surface area contributed by atoms with Crippen molar-refractivity contribution >= 4 is 11.8 Å². The van der Waals surface area contributed by atoms with Crippen molar-refractivity contribution < 1.29 is 9.59 Å². The van der Waals surface area contributed by atoms with Gasteiger partial charge in [0, 0.05) is 56.8 Å². The number of aryl methyl sites for hydroxylation is 1. The predicted octanol–water partition coefficient (Wildman–Crippen LogP) is 3.68. The van der Waals surface area contributed by atoms with E-state index in [1.807, 2.05) is 17.0 Å². The lowest BCUT2D eigenvalue weighted by Crippen LogP contribution is -2.53. The van der Waals surface area contributed by atoms with Crippen LogP contribution in [-0.4, -0.2) is 72.3 Å². The molecule has 3 fully saturated rings. The number of carbonyl (C=O) groups is 2. The quantitative estimate of drug-likeness (QED) is 0.723. The lowest BCUT2D eigenvalue weighted by molar-refractivity contribution is -0.141. The summed E-state index contributed by atoms with van der Waals surface area (Å²) in [4.78, 5) is 33.3. The fourth-order valence-electron chi connectivity index (χ4n) is 6.45. The van der Waals surface area contributed by atoms with Crippen LogP contribution in [0.3, 0.4) is 0 Å². The van der Waals surface area contributed by atoms with Crippen LogP contribution in [0.1, 0.15) is 62.9 Å². The zero-order valence-electron chi connectivity index (χ0n) is 19.8. The van der Waals surface area contributed by atoms with Crippen molar-refractivity contribution in [3.63, 3.8) is 0 Å². The molecule has 0 bridgehead atoms. The Labute approximate surface area is 187 Å². The van der Waals surface area contributed by atoms with E-state index in [9.17, 15) is 9.59 Å². The molecule has 3 aliphatic heterocycles. The van der Waals surface area contributed by atoms with Crippen molar-refractivity contribution in [2.75, 3.05) is 45.8 Å². The van der Waals surface area contributed by atoms with Crippen LogP contribution in [0.25, 0.3) is 0 Å². The smallest absolute Gasteiger partial charge is 0.253 e. The molecule has 1 aromatic carbocycles. The summed E-state index contributed by atoms with van der Waals surface area (Å²) in [6.45, 7) is 14.9. The topological polar surface area (TPSA) is 43.9 Å². The lowest BCUT2D eigenvalue weighted by Gasteiger charge is -2.47. The van der Waals surface area contributed by atoms with Crippen LogP contribution in [0.15, 0.2) is 24.3 Å². The van der Waals surface area contributed by atoms with Gasteiger partial charge in [-0.15, -0.1) is 0 Å². The van der Waals surface area contributed by atoms with Crippen LogP contribution in [0, 0.1) is 16.7 Å². The van der Waals surface area contributed by atoms with E-state index < -0.39 is 0 Å². The second kappa shape index (κ2) is 8.57. The number of carbonyl (C=O) groups excluding carboxylic acids is 2. The highest BCUT2D eigenvalue weighted by molar-refractivity contribution is 5.94. The van der Waals surface area contributed by atoms with E-state index in [0.29, 0.717) is 11.8 Å². The molecular weight excluding hydrogens is 386 g/mol. The maximum Gasteiger partial charge on any atom is 0.253 e. The van der Waals surface area contributed by atoms with Crippen LogP contribution >= 0.6 is 0 Å². The Balaban J connectivity index is 1.52. The number of benzene rings is 1. The maximum atomic E-state index is 13.6. The molecule has 0 N–H and O–H groups in total. The van der Waals surface area contributed by atoms with Gasteiger partial charge in [0.1, 0.15) is 0 Å². The van der Waals surface area contributed by atoms with Crippen LogP contribution in [0.5, 0.6) is 0 Å². The number of rotatable bonds is 5. The highest BCUT2D eigenvalue weighted by Crippen LogP contribution is 2.57. The predicted molar refractivity (Wildman–Crippen MR) is 124 cm³/mol. The van der Waals surface area contributed by atoms with Crippen molar-refractivity contribution in [2.24, 2.45) is 16.7 Å². The molecule has 0 saturated carbocycles. The molecule has 3 heterocycles. The molecule has 2 amide bonds. The summed E-state index contributed by atoms with van der Waals surface area (Å²) in [6.07, 6.45) is 3.83. The van der Waals surface area contributed by atoms with Crippen LogP contribution in [0.2, 0.25) is 0 Å². The van der Waals surface area contributed by atoms with Crippen LogP contribution < -0.4 is 0 Å². The van der Waals surface area contributed by atoms with Gasteiger partial charge < -0.3 is 14.7 Å². The average molecular weight is 426 g/mol. The number of hydrogen-bond acceptors (Lipinski definition) is 3. The van der Waals surface area contributed by atoms with Gasteiger partial charge in [-0.25, -0.2) is 0 Å². The van der Waals surface area contributed by atoms with Gasteiger partial charge in [0.2, 0.25) is 5.91 Å². The van der Waals surface area contributed by atoms with Gasteiger partial charge in [-0.1, -0.05) is 32.9 Å². The summed E-state index contributed by atoms with van der Waals surface area (Å²) >= 11 is 0. The highest BCUT2D eigenvalue weighted by Gasteiger charge is 2.64. The molecule has 0 aromatic heterocycles. The first-order valence-corrected chi connectivity index (χ1v) is 12.2. The molecule has 31 heavy (non-hydrogen) atoms. The number of nitrogens with zero attached hydrogens (tertiary/aromatic N) is 3. The maximum absolute atomic E-state index is 13.6. The molecule has 3 aliphatic rings. The molecule has 2 spiro atoms. The zero-order chi connectivity index (χ0) is 22.2. The number of hydrogen-bond donors (Lipinski definition) is 0. The third-order valence-corrected chi connectivity index (χ3v) is 8.16. The number of amides is 2. The minimum absolute atomic E-state index is 0.00570. The third-order valence-electron chi connectivity index (χ3n) is 8.16. The monoisotopic (exact) mass is 425 g/mol. The summed E-state index contributed by atoms with van der Waals surface area (Å²) in [5, 5.41) is 0. The van der Waals surface area contributed by atoms with E-state index in [1.165, 1.54) is 5.56 Å². The molecule has 3 saturated heterocycles. The summed E-state index contributed by atoms with van der Waals surface area (Å²) in [5.74, 6) is 1.10. The van der Waals surface area contributed by atoms with Crippen molar-refractivity contribution in [3.05, 3.63) is 35.4 Å². The molecule has 4 rings (SSSR count). The Morgan fingerprint density at radius 2 is 1.68 bits per heavy atom. The molecule has 0 radical (unpaired) electrons. The van der Waals surface area contributed by atoms with Crippen molar-refractivity contribution in [1.82, 2.24) is 14.7 Å². The average Bonchev–Trinajstić information content (AvgIpc) is 3.25. The fourth-order valence-corrected chi connectivity index (χ4v) is 6.45. The molecular formula is C26H39N3O2. The minimum Gasteiger partial charge on any atom is -0.342 e. The fraction of sp³-hybridized carbons (Fsp3) is 0.692. The third kappa shape index (κ3) is 3.79. The number of likely N-dealkylation sites (tertiary alicyclic amines) is 3. The summed E-state index contributed by atoms with van der Waals surface area (Å²) in [6, 6.07) is 8.05. The van der Waals surface area contributed by atoms with Crippen molar-refractivity contribution in [1.29, 1.82) is 0 Å². The Morgan fingerprint density at radius 1 is 1.00 bits per heavy atom. The largest absolute Gasteiger partial charge is 0.342 e. The van der Waals surface area contributed by atoms with E-state index in [4.69, 9.17) is 0 Å². The van der Waals surface area contributed by atoms with Crippen LogP contribution in [0.4, 0.5) is 0 Å². The summed E-state index contributed by atoms with van der Waals surface area (Å²) < 4.78 is 0. The minimum atomic E-state index is -0.254. The molecule has 1 atom stereocenters. The van der Waals surface area contributed by atoms with Crippen LogP contribution in [-0.2, 0) is 11.2 Å². The highest BCUT2D eigenvalue weighted by atomic mass is 16.2. The van der Waals surface area contributed by atoms with Gasteiger partial charge >= 0.3 is 0 Å².